The summed E-state index contributed by atoms with van der Waals surface area (Å²) < 4.78 is 4.98. The number of carboxylic acid groups (broad SMARTS) is 1. The number of nitrogens with one attached hydrogen (secondary N) is 2. The number of carbonyl (C=O) groups is 3. The van der Waals surface area contributed by atoms with E-state index in [9.17, 15) is 14.4 Å². The van der Waals surface area contributed by atoms with Gasteiger partial charge in [0.15, 0.2) is 6.61 Å². The minimum atomic E-state index is -1.08. The third-order valence-electron chi connectivity index (χ3n) is 3.03. The van der Waals surface area contributed by atoms with Crippen LogP contribution in [0.15, 0.2) is 47.6 Å². The predicted molar refractivity (Wildman–Crippen MR) is 100 cm³/mol. The molecule has 2 rings (SSSR count). The lowest BCUT2D eigenvalue weighted by molar-refractivity contribution is -0.139. The number of ether oxygens (including phenoxy) is 1. The Labute approximate surface area is 163 Å². The fourth-order valence-corrected chi connectivity index (χ4v) is 2.14. The SMILES string of the molecule is O=C(O)COc1ccc(C=NNC(=O)C(=O)Nc2cccc(Cl)c2Cl)cc1. The van der Waals surface area contributed by atoms with Gasteiger partial charge in [-0.05, 0) is 42.0 Å². The van der Waals surface area contributed by atoms with Gasteiger partial charge < -0.3 is 15.2 Å². The maximum absolute atomic E-state index is 11.8. The van der Waals surface area contributed by atoms with Crippen LogP contribution >= 0.6 is 23.2 Å². The maximum Gasteiger partial charge on any atom is 0.341 e. The van der Waals surface area contributed by atoms with Gasteiger partial charge in [-0.1, -0.05) is 29.3 Å². The molecule has 0 atom stereocenters. The zero-order chi connectivity index (χ0) is 19.8. The number of nitrogens with zero attached hydrogens (tertiary/aromatic N) is 1. The van der Waals surface area contributed by atoms with Gasteiger partial charge in [0.1, 0.15) is 5.75 Å². The summed E-state index contributed by atoms with van der Waals surface area (Å²) in [6.45, 7) is -0.449. The molecule has 0 aliphatic rings. The molecule has 0 spiro atoms. The van der Waals surface area contributed by atoms with Crippen LogP contribution in [0.25, 0.3) is 0 Å². The van der Waals surface area contributed by atoms with Gasteiger partial charge in [-0.2, -0.15) is 5.10 Å². The van der Waals surface area contributed by atoms with Crippen LogP contribution in [0.3, 0.4) is 0 Å². The molecule has 0 aromatic heterocycles. The van der Waals surface area contributed by atoms with Gasteiger partial charge in [0, 0.05) is 0 Å². The van der Waals surface area contributed by atoms with Crippen LogP contribution < -0.4 is 15.5 Å². The first-order valence-electron chi connectivity index (χ1n) is 7.40. The molecule has 0 aliphatic carbocycles. The van der Waals surface area contributed by atoms with E-state index in [-0.39, 0.29) is 15.7 Å². The Hall–Kier alpha value is -3.10. The third-order valence-corrected chi connectivity index (χ3v) is 3.85. The van der Waals surface area contributed by atoms with Crippen molar-refractivity contribution in [3.8, 4) is 5.75 Å². The Morgan fingerprint density at radius 2 is 1.78 bits per heavy atom. The first-order chi connectivity index (χ1) is 12.9. The van der Waals surface area contributed by atoms with Crippen molar-refractivity contribution in [3.05, 3.63) is 58.1 Å². The lowest BCUT2D eigenvalue weighted by Crippen LogP contribution is -2.32. The number of hydrazone groups is 1. The molecule has 10 heteroatoms. The number of rotatable bonds is 6. The molecule has 27 heavy (non-hydrogen) atoms. The molecule has 0 bridgehead atoms. The van der Waals surface area contributed by atoms with Crippen LogP contribution in [-0.4, -0.2) is 35.7 Å². The van der Waals surface area contributed by atoms with Crippen molar-refractivity contribution in [1.29, 1.82) is 0 Å². The molecule has 2 aromatic carbocycles. The summed E-state index contributed by atoms with van der Waals surface area (Å²) in [5.74, 6) is -2.67. The fourth-order valence-electron chi connectivity index (χ4n) is 1.79. The lowest BCUT2D eigenvalue weighted by Gasteiger charge is -2.06. The minimum absolute atomic E-state index is 0.119. The summed E-state index contributed by atoms with van der Waals surface area (Å²) in [5, 5.41) is 14.9. The van der Waals surface area contributed by atoms with Gasteiger partial charge in [-0.15, -0.1) is 0 Å². The zero-order valence-corrected chi connectivity index (χ0v) is 15.1. The highest BCUT2D eigenvalue weighted by molar-refractivity contribution is 6.45. The number of carbonyl (C=O) groups excluding carboxylic acids is 2. The van der Waals surface area contributed by atoms with E-state index in [1.54, 1.807) is 36.4 Å². The van der Waals surface area contributed by atoms with E-state index in [0.717, 1.165) is 0 Å². The largest absolute Gasteiger partial charge is 0.482 e. The molecule has 3 N–H and O–H groups in total. The Morgan fingerprint density at radius 1 is 1.07 bits per heavy atom. The maximum atomic E-state index is 11.8. The Kier molecular flexibility index (Phi) is 7.16. The summed E-state index contributed by atoms with van der Waals surface area (Å²) in [5.41, 5.74) is 2.87. The topological polar surface area (TPSA) is 117 Å². The standard InChI is InChI=1S/C17H13Cl2N3O5/c18-12-2-1-3-13(15(12)19)21-16(25)17(26)22-20-8-10-4-6-11(7-5-10)27-9-14(23)24/h1-8H,9H2,(H,21,25)(H,22,26)(H,23,24). The van der Waals surface area contributed by atoms with Crippen LogP contribution in [0, 0.1) is 0 Å². The number of aliphatic carboxylic acids is 1. The number of amides is 2. The van der Waals surface area contributed by atoms with E-state index in [1.807, 2.05) is 0 Å². The Morgan fingerprint density at radius 3 is 2.44 bits per heavy atom. The molecule has 0 saturated carbocycles. The normalized spacial score (nSPS) is 10.4. The van der Waals surface area contributed by atoms with Crippen molar-refractivity contribution in [2.45, 2.75) is 0 Å². The first-order valence-corrected chi connectivity index (χ1v) is 8.15. The average molecular weight is 410 g/mol. The number of hydrogen-bond acceptors (Lipinski definition) is 5. The molecular formula is C17H13Cl2N3O5. The number of benzene rings is 2. The van der Waals surface area contributed by atoms with Crippen LogP contribution in [0.1, 0.15) is 5.56 Å². The number of anilines is 1. The van der Waals surface area contributed by atoms with Crippen molar-refractivity contribution >= 4 is 52.9 Å². The molecule has 0 saturated heterocycles. The van der Waals surface area contributed by atoms with Crippen molar-refractivity contribution in [3.63, 3.8) is 0 Å². The van der Waals surface area contributed by atoms with E-state index in [2.05, 4.69) is 15.8 Å². The molecule has 0 aliphatic heterocycles. The third kappa shape index (κ3) is 6.28. The smallest absolute Gasteiger partial charge is 0.341 e. The van der Waals surface area contributed by atoms with Crippen LogP contribution in [0.5, 0.6) is 5.75 Å². The highest BCUT2D eigenvalue weighted by Gasteiger charge is 2.15. The van der Waals surface area contributed by atoms with Crippen molar-refractivity contribution in [2.24, 2.45) is 5.10 Å². The highest BCUT2D eigenvalue weighted by Crippen LogP contribution is 2.29. The van der Waals surface area contributed by atoms with Crippen LogP contribution in [0.4, 0.5) is 5.69 Å². The molecular weight excluding hydrogens is 397 g/mol. The Balaban J connectivity index is 1.87. The molecule has 0 unspecified atom stereocenters. The average Bonchev–Trinajstić information content (AvgIpc) is 2.64. The molecule has 8 nitrogen and oxygen atoms in total. The van der Waals surface area contributed by atoms with Gasteiger partial charge in [0.2, 0.25) is 0 Å². The zero-order valence-electron chi connectivity index (χ0n) is 13.6. The molecule has 2 amide bonds. The van der Waals surface area contributed by atoms with Crippen molar-refractivity contribution in [2.75, 3.05) is 11.9 Å². The van der Waals surface area contributed by atoms with Crippen molar-refractivity contribution in [1.82, 2.24) is 5.43 Å². The minimum Gasteiger partial charge on any atom is -0.482 e. The second-order valence-corrected chi connectivity index (χ2v) is 5.79. The van der Waals surface area contributed by atoms with E-state index < -0.39 is 24.4 Å². The molecule has 140 valence electrons. The number of carboxylic acids is 1. The number of halogens is 2. The van der Waals surface area contributed by atoms with Gasteiger partial charge >= 0.3 is 17.8 Å². The van der Waals surface area contributed by atoms with Crippen LogP contribution in [0.2, 0.25) is 10.0 Å². The van der Waals surface area contributed by atoms with E-state index >= 15 is 0 Å². The lowest BCUT2D eigenvalue weighted by atomic mass is 10.2. The van der Waals surface area contributed by atoms with Crippen LogP contribution in [-0.2, 0) is 14.4 Å². The summed E-state index contributed by atoms with van der Waals surface area (Å²) in [4.78, 5) is 34.0. The van der Waals surface area contributed by atoms with Gasteiger partial charge in [0.05, 0.1) is 21.9 Å². The van der Waals surface area contributed by atoms with E-state index in [1.165, 1.54) is 12.3 Å². The highest BCUT2D eigenvalue weighted by atomic mass is 35.5. The van der Waals surface area contributed by atoms with Gasteiger partial charge in [-0.3, -0.25) is 9.59 Å². The second-order valence-electron chi connectivity index (χ2n) is 5.01. The predicted octanol–water partition coefficient (Wildman–Crippen LogP) is 2.55. The van der Waals surface area contributed by atoms with E-state index in [0.29, 0.717) is 11.3 Å². The summed E-state index contributed by atoms with van der Waals surface area (Å²) in [6.07, 6.45) is 1.30. The molecule has 0 heterocycles. The number of hydrogen-bond donors (Lipinski definition) is 3. The molecule has 2 aromatic rings. The monoisotopic (exact) mass is 409 g/mol. The molecule has 0 radical (unpaired) electrons. The second kappa shape index (κ2) is 9.56. The first kappa shape index (κ1) is 20.2. The van der Waals surface area contributed by atoms with Gasteiger partial charge in [0.25, 0.3) is 0 Å². The summed E-state index contributed by atoms with van der Waals surface area (Å²) in [7, 11) is 0. The Bertz CT molecular complexity index is 885. The van der Waals surface area contributed by atoms with Gasteiger partial charge in [-0.25, -0.2) is 10.2 Å². The quantitative estimate of drug-likeness (QED) is 0.385. The summed E-state index contributed by atoms with van der Waals surface area (Å²) >= 11 is 11.8. The fraction of sp³-hybridized carbons (Fsp3) is 0.0588. The molecule has 0 fully saturated rings. The van der Waals surface area contributed by atoms with Crippen molar-refractivity contribution < 1.29 is 24.2 Å². The summed E-state index contributed by atoms with van der Waals surface area (Å²) in [6, 6.07) is 10.9. The van der Waals surface area contributed by atoms with E-state index in [4.69, 9.17) is 33.0 Å².